The molecule has 1 saturated heterocycles. The SMILES string of the molecule is C=C/C(=C\N=C(C)N1CC[C@@H](C(=O)NC(C)C)C1)c1cc(-c2cnn(C)c2)cn2ncc(C#N)c12. The highest BCUT2D eigenvalue weighted by Crippen LogP contribution is 2.30. The van der Waals surface area contributed by atoms with E-state index in [1.165, 1.54) is 0 Å². The molecule has 0 spiro atoms. The van der Waals surface area contributed by atoms with Crippen LogP contribution in [-0.2, 0) is 11.8 Å². The fourth-order valence-electron chi connectivity index (χ4n) is 4.30. The zero-order valence-corrected chi connectivity index (χ0v) is 20.6. The summed E-state index contributed by atoms with van der Waals surface area (Å²) in [6.07, 6.45) is 11.5. The first kappa shape index (κ1) is 24.0. The molecule has 1 aliphatic heterocycles. The molecule has 4 rings (SSSR count). The summed E-state index contributed by atoms with van der Waals surface area (Å²) in [5, 5.41) is 21.3. The van der Waals surface area contributed by atoms with E-state index < -0.39 is 0 Å². The number of amidine groups is 1. The lowest BCUT2D eigenvalue weighted by Crippen LogP contribution is -2.37. The average Bonchev–Trinajstić information content (AvgIpc) is 3.58. The van der Waals surface area contributed by atoms with Gasteiger partial charge in [-0.05, 0) is 33.3 Å². The standard InChI is InChI=1S/C26H30N8O/c1-6-19(11-28-18(4)33-8-7-20(15-33)26(35)31-17(2)3)24-9-21(23-13-29-32(5)14-23)16-34-25(24)22(10-27)12-30-34/h6,9,11-14,16-17,20H,1,7-8,15H2,2-5H3,(H,31,35)/b19-11+,28-18?/t20-/m1/s1. The Hall–Kier alpha value is -4.19. The van der Waals surface area contributed by atoms with Crippen molar-refractivity contribution in [3.05, 3.63) is 60.8 Å². The molecule has 9 heteroatoms. The molecule has 0 bridgehead atoms. The molecule has 9 nitrogen and oxygen atoms in total. The maximum Gasteiger partial charge on any atom is 0.225 e. The fourth-order valence-corrected chi connectivity index (χ4v) is 4.30. The molecule has 1 fully saturated rings. The average molecular weight is 471 g/mol. The molecule has 0 unspecified atom stereocenters. The van der Waals surface area contributed by atoms with Crippen LogP contribution in [0.3, 0.4) is 0 Å². The number of allylic oxidation sites excluding steroid dienone is 2. The second-order valence-electron chi connectivity index (χ2n) is 9.07. The zero-order valence-electron chi connectivity index (χ0n) is 20.6. The molecule has 0 radical (unpaired) electrons. The molecule has 3 aromatic rings. The van der Waals surface area contributed by atoms with Crippen LogP contribution >= 0.6 is 0 Å². The van der Waals surface area contributed by atoms with Gasteiger partial charge in [0.15, 0.2) is 0 Å². The molecule has 0 saturated carbocycles. The van der Waals surface area contributed by atoms with E-state index in [2.05, 4.69) is 33.1 Å². The van der Waals surface area contributed by atoms with Crippen molar-refractivity contribution < 1.29 is 4.79 Å². The topological polar surface area (TPSA) is 104 Å². The first-order chi connectivity index (χ1) is 16.8. The van der Waals surface area contributed by atoms with Crippen LogP contribution in [0, 0.1) is 17.2 Å². The molecular formula is C26H30N8O. The lowest BCUT2D eigenvalue weighted by atomic mass is 10.0. The van der Waals surface area contributed by atoms with E-state index in [0.29, 0.717) is 17.6 Å². The van der Waals surface area contributed by atoms with Crippen molar-refractivity contribution in [3.63, 3.8) is 0 Å². The molecule has 1 atom stereocenters. The molecule has 1 amide bonds. The minimum absolute atomic E-state index is 0.0360. The Bertz CT molecular complexity index is 1370. The number of aromatic nitrogens is 4. The lowest BCUT2D eigenvalue weighted by molar-refractivity contribution is -0.125. The van der Waals surface area contributed by atoms with E-state index in [9.17, 15) is 10.1 Å². The first-order valence-electron chi connectivity index (χ1n) is 11.6. The number of carbonyl (C=O) groups excluding carboxylic acids is 1. The third-order valence-corrected chi connectivity index (χ3v) is 6.14. The molecule has 1 aliphatic rings. The number of likely N-dealkylation sites (tertiary alicyclic amines) is 1. The van der Waals surface area contributed by atoms with Crippen LogP contribution in [0.4, 0.5) is 0 Å². The summed E-state index contributed by atoms with van der Waals surface area (Å²) in [5.74, 6) is 0.890. The third kappa shape index (κ3) is 5.01. The van der Waals surface area contributed by atoms with E-state index in [1.54, 1.807) is 33.9 Å². The Morgan fingerprint density at radius 2 is 2.11 bits per heavy atom. The van der Waals surface area contributed by atoms with Gasteiger partial charge in [0.05, 0.1) is 29.4 Å². The molecule has 3 aromatic heterocycles. The number of amides is 1. The molecule has 0 aliphatic carbocycles. The van der Waals surface area contributed by atoms with E-state index in [4.69, 9.17) is 4.99 Å². The minimum Gasteiger partial charge on any atom is -0.359 e. The highest BCUT2D eigenvalue weighted by Gasteiger charge is 2.29. The molecule has 0 aromatic carbocycles. The normalized spacial score (nSPS) is 16.7. The van der Waals surface area contributed by atoms with Gasteiger partial charge in [-0.25, -0.2) is 9.51 Å². The highest BCUT2D eigenvalue weighted by atomic mass is 16.2. The number of hydrogen-bond donors (Lipinski definition) is 1. The first-order valence-corrected chi connectivity index (χ1v) is 11.6. The predicted octanol–water partition coefficient (Wildman–Crippen LogP) is 3.40. The van der Waals surface area contributed by atoms with Crippen molar-refractivity contribution in [2.45, 2.75) is 33.2 Å². The Morgan fingerprint density at radius 3 is 2.77 bits per heavy atom. The zero-order chi connectivity index (χ0) is 25.1. The van der Waals surface area contributed by atoms with E-state index in [-0.39, 0.29) is 17.9 Å². The number of aliphatic imine (C=N–C) groups is 1. The number of pyridine rings is 1. The third-order valence-electron chi connectivity index (χ3n) is 6.14. The number of aryl methyl sites for hydroxylation is 1. The molecule has 35 heavy (non-hydrogen) atoms. The van der Waals surface area contributed by atoms with Gasteiger partial charge in [-0.1, -0.05) is 12.7 Å². The number of nitrogens with one attached hydrogen (secondary N) is 1. The van der Waals surface area contributed by atoms with Gasteiger partial charge in [0.2, 0.25) is 5.91 Å². The van der Waals surface area contributed by atoms with Crippen molar-refractivity contribution in [2.75, 3.05) is 13.1 Å². The number of nitrogens with zero attached hydrogens (tertiary/aromatic N) is 7. The Balaban J connectivity index is 1.67. The number of hydrogen-bond acceptors (Lipinski definition) is 5. The quantitative estimate of drug-likeness (QED) is 0.338. The van der Waals surface area contributed by atoms with E-state index >= 15 is 0 Å². The van der Waals surface area contributed by atoms with Crippen LogP contribution in [0.5, 0.6) is 0 Å². The van der Waals surface area contributed by atoms with Crippen LogP contribution in [0.15, 0.2) is 54.7 Å². The van der Waals surface area contributed by atoms with Gasteiger partial charge < -0.3 is 10.2 Å². The van der Waals surface area contributed by atoms with Gasteiger partial charge in [-0.3, -0.25) is 9.48 Å². The number of fused-ring (bicyclic) bond motifs is 1. The number of carbonyl (C=O) groups is 1. The Morgan fingerprint density at radius 1 is 1.31 bits per heavy atom. The molecule has 1 N–H and O–H groups in total. The predicted molar refractivity (Wildman–Crippen MR) is 136 cm³/mol. The van der Waals surface area contributed by atoms with Crippen LogP contribution in [-0.4, -0.2) is 55.2 Å². The van der Waals surface area contributed by atoms with Crippen molar-refractivity contribution >= 4 is 22.8 Å². The van der Waals surface area contributed by atoms with Crippen LogP contribution in [0.1, 0.15) is 38.3 Å². The lowest BCUT2D eigenvalue weighted by Gasteiger charge is -2.18. The number of nitriles is 1. The summed E-state index contributed by atoms with van der Waals surface area (Å²) >= 11 is 0. The number of rotatable bonds is 6. The summed E-state index contributed by atoms with van der Waals surface area (Å²) in [4.78, 5) is 19.2. The van der Waals surface area contributed by atoms with E-state index in [1.807, 2.05) is 46.3 Å². The molecule has 180 valence electrons. The van der Waals surface area contributed by atoms with Gasteiger partial charge in [0.25, 0.3) is 0 Å². The second-order valence-corrected chi connectivity index (χ2v) is 9.07. The van der Waals surface area contributed by atoms with Gasteiger partial charge >= 0.3 is 0 Å². The van der Waals surface area contributed by atoms with Crippen LogP contribution in [0.2, 0.25) is 0 Å². The fraction of sp³-hybridized carbons (Fsp3) is 0.346. The maximum absolute atomic E-state index is 12.4. The van der Waals surface area contributed by atoms with Crippen molar-refractivity contribution in [1.82, 2.24) is 29.6 Å². The van der Waals surface area contributed by atoms with Crippen LogP contribution < -0.4 is 5.32 Å². The summed E-state index contributed by atoms with van der Waals surface area (Å²) in [6, 6.07) is 4.37. The maximum atomic E-state index is 12.4. The summed E-state index contributed by atoms with van der Waals surface area (Å²) in [7, 11) is 1.87. The summed E-state index contributed by atoms with van der Waals surface area (Å²) in [6.45, 7) is 11.3. The minimum atomic E-state index is -0.0360. The Kier molecular flexibility index (Phi) is 6.82. The highest BCUT2D eigenvalue weighted by molar-refractivity contribution is 5.90. The molecule has 4 heterocycles. The van der Waals surface area contributed by atoms with Crippen LogP contribution in [0.25, 0.3) is 22.2 Å². The van der Waals surface area contributed by atoms with Gasteiger partial charge in [-0.15, -0.1) is 0 Å². The summed E-state index contributed by atoms with van der Waals surface area (Å²) < 4.78 is 3.45. The van der Waals surface area contributed by atoms with E-state index in [0.717, 1.165) is 41.1 Å². The van der Waals surface area contributed by atoms with Gasteiger partial charge in [0.1, 0.15) is 11.9 Å². The molecular weight excluding hydrogens is 440 g/mol. The summed E-state index contributed by atoms with van der Waals surface area (Å²) in [5.41, 5.74) is 4.61. The largest absolute Gasteiger partial charge is 0.359 e. The second kappa shape index (κ2) is 9.97. The van der Waals surface area contributed by atoms with Gasteiger partial charge in [-0.2, -0.15) is 15.5 Å². The van der Waals surface area contributed by atoms with Gasteiger partial charge in [0, 0.05) is 67.0 Å². The Labute approximate surface area is 205 Å². The smallest absolute Gasteiger partial charge is 0.225 e. The van der Waals surface area contributed by atoms with Crippen molar-refractivity contribution in [1.29, 1.82) is 5.26 Å². The monoisotopic (exact) mass is 470 g/mol. The van der Waals surface area contributed by atoms with Crippen molar-refractivity contribution in [2.24, 2.45) is 18.0 Å². The van der Waals surface area contributed by atoms with Crippen molar-refractivity contribution in [3.8, 4) is 17.2 Å².